The second-order valence-corrected chi connectivity index (χ2v) is 5.88. The molecule has 0 amide bonds. The molecule has 0 saturated heterocycles. The van der Waals surface area contributed by atoms with Crippen LogP contribution in [0.1, 0.15) is 34.7 Å². The van der Waals surface area contributed by atoms with Crippen molar-refractivity contribution in [2.45, 2.75) is 32.0 Å². The van der Waals surface area contributed by atoms with Gasteiger partial charge in [-0.2, -0.15) is 13.2 Å². The zero-order valence-electron chi connectivity index (χ0n) is 12.6. The van der Waals surface area contributed by atoms with Gasteiger partial charge < -0.3 is 4.90 Å². The van der Waals surface area contributed by atoms with E-state index in [2.05, 4.69) is 6.07 Å². The Morgan fingerprint density at radius 2 is 1.82 bits per heavy atom. The molecular formula is C18H18F3N. The minimum atomic E-state index is -4.34. The molecule has 3 rings (SSSR count). The lowest BCUT2D eigenvalue weighted by Gasteiger charge is -2.30. The molecule has 0 bridgehead atoms. The molecule has 0 aliphatic heterocycles. The Labute approximate surface area is 128 Å². The number of hydrogen-bond donors (Lipinski definition) is 0. The van der Waals surface area contributed by atoms with Crippen LogP contribution < -0.4 is 4.90 Å². The van der Waals surface area contributed by atoms with Crippen molar-refractivity contribution in [3.63, 3.8) is 0 Å². The van der Waals surface area contributed by atoms with Crippen molar-refractivity contribution in [3.05, 3.63) is 64.7 Å². The molecule has 2 aromatic rings. The zero-order chi connectivity index (χ0) is 15.9. The van der Waals surface area contributed by atoms with Crippen molar-refractivity contribution in [2.75, 3.05) is 11.9 Å². The topological polar surface area (TPSA) is 3.24 Å². The van der Waals surface area contributed by atoms with E-state index in [4.69, 9.17) is 0 Å². The first kappa shape index (κ1) is 14.9. The van der Waals surface area contributed by atoms with Gasteiger partial charge in [-0.25, -0.2) is 0 Å². The van der Waals surface area contributed by atoms with Gasteiger partial charge in [-0.15, -0.1) is 0 Å². The third-order valence-corrected chi connectivity index (χ3v) is 4.41. The molecule has 1 nitrogen and oxygen atoms in total. The summed E-state index contributed by atoms with van der Waals surface area (Å²) in [5, 5.41) is 0. The molecule has 0 fully saturated rings. The summed E-state index contributed by atoms with van der Waals surface area (Å²) in [4.78, 5) is 1.78. The number of fused-ring (bicyclic) bond motifs is 1. The number of alkyl halides is 3. The monoisotopic (exact) mass is 305 g/mol. The largest absolute Gasteiger partial charge is 0.418 e. The Bertz CT molecular complexity index is 691. The summed E-state index contributed by atoms with van der Waals surface area (Å²) < 4.78 is 39.9. The molecule has 1 aliphatic rings. The van der Waals surface area contributed by atoms with E-state index in [0.717, 1.165) is 24.0 Å². The average molecular weight is 305 g/mol. The molecule has 2 aromatic carbocycles. The van der Waals surface area contributed by atoms with Crippen molar-refractivity contribution in [1.29, 1.82) is 0 Å². The predicted octanol–water partition coefficient (Wildman–Crippen LogP) is 5.14. The highest BCUT2D eigenvalue weighted by Gasteiger charge is 2.36. The fraction of sp³-hybridized carbons (Fsp3) is 0.333. The first-order chi connectivity index (χ1) is 10.4. The van der Waals surface area contributed by atoms with E-state index in [-0.39, 0.29) is 11.7 Å². The molecule has 0 spiro atoms. The Morgan fingerprint density at radius 1 is 1.09 bits per heavy atom. The molecule has 0 saturated carbocycles. The minimum Gasteiger partial charge on any atom is -0.367 e. The van der Waals surface area contributed by atoms with Crippen molar-refractivity contribution in [2.24, 2.45) is 0 Å². The van der Waals surface area contributed by atoms with Crippen LogP contribution in [0.3, 0.4) is 0 Å². The summed E-state index contributed by atoms with van der Waals surface area (Å²) in [5.74, 6) is 0. The van der Waals surface area contributed by atoms with Crippen LogP contribution in [0, 0.1) is 6.92 Å². The number of halogens is 3. The summed E-state index contributed by atoms with van der Waals surface area (Å²) >= 11 is 0. The molecule has 0 radical (unpaired) electrons. The maximum absolute atomic E-state index is 13.3. The van der Waals surface area contributed by atoms with Crippen LogP contribution in [0.2, 0.25) is 0 Å². The highest BCUT2D eigenvalue weighted by Crippen LogP contribution is 2.42. The van der Waals surface area contributed by atoms with Crippen LogP contribution >= 0.6 is 0 Å². The fourth-order valence-electron chi connectivity index (χ4n) is 3.28. The smallest absolute Gasteiger partial charge is 0.367 e. The van der Waals surface area contributed by atoms with Gasteiger partial charge in [0, 0.05) is 12.7 Å². The molecular weight excluding hydrogens is 287 g/mol. The van der Waals surface area contributed by atoms with Crippen LogP contribution in [0.15, 0.2) is 42.5 Å². The van der Waals surface area contributed by atoms with Gasteiger partial charge in [-0.05, 0) is 48.6 Å². The third kappa shape index (κ3) is 2.58. The van der Waals surface area contributed by atoms with E-state index in [0.29, 0.717) is 0 Å². The van der Waals surface area contributed by atoms with Crippen LogP contribution in [0.5, 0.6) is 0 Å². The SMILES string of the molecule is Cc1ccc(C(F)(F)F)c(N(C)C2CCc3ccccc32)c1. The number of aryl methyl sites for hydroxylation is 2. The van der Waals surface area contributed by atoms with Gasteiger partial charge in [0.1, 0.15) is 0 Å². The van der Waals surface area contributed by atoms with Gasteiger partial charge in [0.2, 0.25) is 0 Å². The first-order valence-corrected chi connectivity index (χ1v) is 7.36. The van der Waals surface area contributed by atoms with E-state index in [1.165, 1.54) is 17.7 Å². The Balaban J connectivity index is 2.03. The first-order valence-electron chi connectivity index (χ1n) is 7.36. The summed E-state index contributed by atoms with van der Waals surface area (Å²) in [6, 6.07) is 12.3. The van der Waals surface area contributed by atoms with Crippen LogP contribution in [-0.2, 0) is 12.6 Å². The fourth-order valence-corrected chi connectivity index (χ4v) is 3.28. The van der Waals surface area contributed by atoms with E-state index in [9.17, 15) is 13.2 Å². The quantitative estimate of drug-likeness (QED) is 0.743. The maximum Gasteiger partial charge on any atom is 0.418 e. The Hall–Kier alpha value is -1.97. The van der Waals surface area contributed by atoms with Gasteiger partial charge in [-0.3, -0.25) is 0 Å². The van der Waals surface area contributed by atoms with E-state index in [1.54, 1.807) is 18.0 Å². The summed E-state index contributed by atoms with van der Waals surface area (Å²) in [7, 11) is 1.76. The van der Waals surface area contributed by atoms with Crippen molar-refractivity contribution in [3.8, 4) is 0 Å². The van der Waals surface area contributed by atoms with Gasteiger partial charge in [0.15, 0.2) is 0 Å². The van der Waals surface area contributed by atoms with Gasteiger partial charge >= 0.3 is 6.18 Å². The molecule has 22 heavy (non-hydrogen) atoms. The molecule has 1 aliphatic carbocycles. The number of benzene rings is 2. The summed E-state index contributed by atoms with van der Waals surface area (Å²) in [6.45, 7) is 1.82. The minimum absolute atomic E-state index is 0.000833. The second-order valence-electron chi connectivity index (χ2n) is 5.88. The predicted molar refractivity (Wildman–Crippen MR) is 82.1 cm³/mol. The molecule has 4 heteroatoms. The molecule has 116 valence electrons. The normalized spacial score (nSPS) is 17.4. The molecule has 0 heterocycles. The van der Waals surface area contributed by atoms with Crippen molar-refractivity contribution in [1.82, 2.24) is 0 Å². The van der Waals surface area contributed by atoms with Crippen molar-refractivity contribution >= 4 is 5.69 Å². The van der Waals surface area contributed by atoms with Gasteiger partial charge in [0.25, 0.3) is 0 Å². The van der Waals surface area contributed by atoms with E-state index >= 15 is 0 Å². The van der Waals surface area contributed by atoms with Crippen LogP contribution in [-0.4, -0.2) is 7.05 Å². The molecule has 1 atom stereocenters. The highest BCUT2D eigenvalue weighted by molar-refractivity contribution is 5.58. The van der Waals surface area contributed by atoms with Crippen LogP contribution in [0.4, 0.5) is 18.9 Å². The van der Waals surface area contributed by atoms with Gasteiger partial charge in [0.05, 0.1) is 11.6 Å². The lowest BCUT2D eigenvalue weighted by molar-refractivity contribution is -0.137. The molecule has 0 N–H and O–H groups in total. The van der Waals surface area contributed by atoms with E-state index < -0.39 is 11.7 Å². The standard InChI is InChI=1S/C18H18F3N/c1-12-7-9-15(18(19,20)21)17(11-12)22(2)16-10-8-13-5-3-4-6-14(13)16/h3-7,9,11,16H,8,10H2,1-2H3. The van der Waals surface area contributed by atoms with Crippen LogP contribution in [0.25, 0.3) is 0 Å². The molecule has 0 aromatic heterocycles. The highest BCUT2D eigenvalue weighted by atomic mass is 19.4. The lowest BCUT2D eigenvalue weighted by atomic mass is 10.0. The lowest BCUT2D eigenvalue weighted by Crippen LogP contribution is -2.25. The van der Waals surface area contributed by atoms with Crippen molar-refractivity contribution < 1.29 is 13.2 Å². The Morgan fingerprint density at radius 3 is 2.55 bits per heavy atom. The Kier molecular flexibility index (Phi) is 3.63. The number of anilines is 1. The summed E-state index contributed by atoms with van der Waals surface area (Å²) in [5.41, 5.74) is 2.90. The third-order valence-electron chi connectivity index (χ3n) is 4.41. The second kappa shape index (κ2) is 5.34. The number of hydrogen-bond acceptors (Lipinski definition) is 1. The number of rotatable bonds is 2. The average Bonchev–Trinajstić information content (AvgIpc) is 2.89. The van der Waals surface area contributed by atoms with E-state index in [1.807, 2.05) is 25.1 Å². The zero-order valence-corrected chi connectivity index (χ0v) is 12.6. The maximum atomic E-state index is 13.3. The number of nitrogens with zero attached hydrogens (tertiary/aromatic N) is 1. The molecule has 1 unspecified atom stereocenters. The summed E-state index contributed by atoms with van der Waals surface area (Å²) in [6.07, 6.45) is -2.57. The van der Waals surface area contributed by atoms with Gasteiger partial charge in [-0.1, -0.05) is 30.3 Å².